The van der Waals surface area contributed by atoms with Crippen LogP contribution in [0.1, 0.15) is 52.1 Å². The van der Waals surface area contributed by atoms with Crippen molar-refractivity contribution >= 4 is 11.5 Å². The molecule has 0 bridgehead atoms. The van der Waals surface area contributed by atoms with Crippen molar-refractivity contribution in [3.63, 3.8) is 0 Å². The standard InChI is InChI=1S/C14H23N3/c1-5-6-7-8-11(2)12(3)17-14-13(4)15-9-10-16-14/h9-11H,5-8H2,1-4H3. The van der Waals surface area contributed by atoms with Crippen LogP contribution < -0.4 is 0 Å². The minimum absolute atomic E-state index is 0.531. The van der Waals surface area contributed by atoms with Gasteiger partial charge in [0.05, 0.1) is 5.69 Å². The van der Waals surface area contributed by atoms with E-state index in [4.69, 9.17) is 0 Å². The van der Waals surface area contributed by atoms with Gasteiger partial charge in [0.15, 0.2) is 5.82 Å². The lowest BCUT2D eigenvalue weighted by molar-refractivity contribution is 0.596. The van der Waals surface area contributed by atoms with Gasteiger partial charge in [-0.1, -0.05) is 33.1 Å². The molecule has 1 unspecified atom stereocenters. The summed E-state index contributed by atoms with van der Waals surface area (Å²) in [6.45, 7) is 8.50. The summed E-state index contributed by atoms with van der Waals surface area (Å²) in [7, 11) is 0. The van der Waals surface area contributed by atoms with Crippen LogP contribution in [-0.4, -0.2) is 15.7 Å². The molecule has 0 aliphatic rings. The Morgan fingerprint density at radius 1 is 1.29 bits per heavy atom. The SMILES string of the molecule is CCCCCC(C)C(C)=Nc1nccnc1C. The van der Waals surface area contributed by atoms with E-state index in [0.29, 0.717) is 5.92 Å². The molecular weight excluding hydrogens is 210 g/mol. The highest BCUT2D eigenvalue weighted by Gasteiger charge is 2.07. The summed E-state index contributed by atoms with van der Waals surface area (Å²) in [5, 5.41) is 0. The summed E-state index contributed by atoms with van der Waals surface area (Å²) in [6.07, 6.45) is 8.47. The molecule has 0 radical (unpaired) electrons. The van der Waals surface area contributed by atoms with E-state index < -0.39 is 0 Å². The largest absolute Gasteiger partial charge is 0.256 e. The molecule has 0 aromatic carbocycles. The van der Waals surface area contributed by atoms with Crippen molar-refractivity contribution in [2.45, 2.75) is 53.4 Å². The zero-order valence-corrected chi connectivity index (χ0v) is 11.4. The van der Waals surface area contributed by atoms with E-state index in [1.54, 1.807) is 12.4 Å². The van der Waals surface area contributed by atoms with Crippen molar-refractivity contribution < 1.29 is 0 Å². The van der Waals surface area contributed by atoms with Crippen LogP contribution in [0.3, 0.4) is 0 Å². The lowest BCUT2D eigenvalue weighted by atomic mass is 9.99. The van der Waals surface area contributed by atoms with Crippen LogP contribution >= 0.6 is 0 Å². The van der Waals surface area contributed by atoms with E-state index in [-0.39, 0.29) is 0 Å². The van der Waals surface area contributed by atoms with Crippen LogP contribution in [0, 0.1) is 12.8 Å². The number of nitrogens with zero attached hydrogens (tertiary/aromatic N) is 3. The van der Waals surface area contributed by atoms with Crippen molar-refractivity contribution in [2.75, 3.05) is 0 Å². The topological polar surface area (TPSA) is 38.1 Å². The quantitative estimate of drug-likeness (QED) is 0.548. The molecule has 3 nitrogen and oxygen atoms in total. The van der Waals surface area contributed by atoms with Gasteiger partial charge in [0, 0.05) is 18.1 Å². The molecule has 1 rings (SSSR count). The molecular formula is C14H23N3. The molecule has 1 aromatic heterocycles. The molecule has 1 atom stereocenters. The van der Waals surface area contributed by atoms with E-state index >= 15 is 0 Å². The molecule has 94 valence electrons. The fourth-order valence-corrected chi connectivity index (χ4v) is 1.70. The third kappa shape index (κ3) is 4.63. The van der Waals surface area contributed by atoms with Crippen LogP contribution in [0.2, 0.25) is 0 Å². The minimum Gasteiger partial charge on any atom is -0.256 e. The van der Waals surface area contributed by atoms with Gasteiger partial charge >= 0.3 is 0 Å². The van der Waals surface area contributed by atoms with E-state index in [9.17, 15) is 0 Å². The second kappa shape index (κ2) is 7.15. The summed E-state index contributed by atoms with van der Waals surface area (Å²) < 4.78 is 0. The molecule has 0 fully saturated rings. The number of hydrogen-bond acceptors (Lipinski definition) is 3. The van der Waals surface area contributed by atoms with Crippen LogP contribution in [-0.2, 0) is 0 Å². The lowest BCUT2D eigenvalue weighted by Crippen LogP contribution is -2.07. The highest BCUT2D eigenvalue weighted by molar-refractivity contribution is 5.86. The first kappa shape index (κ1) is 13.8. The molecule has 3 heteroatoms. The highest BCUT2D eigenvalue weighted by atomic mass is 14.9. The molecule has 0 saturated heterocycles. The molecule has 0 amide bonds. The van der Waals surface area contributed by atoms with E-state index in [1.807, 2.05) is 6.92 Å². The first-order valence-corrected chi connectivity index (χ1v) is 6.48. The van der Waals surface area contributed by atoms with Gasteiger partial charge in [0.25, 0.3) is 0 Å². The Labute approximate surface area is 104 Å². The smallest absolute Gasteiger partial charge is 0.173 e. The molecule has 0 aliphatic carbocycles. The molecule has 17 heavy (non-hydrogen) atoms. The van der Waals surface area contributed by atoms with Gasteiger partial charge in [0.1, 0.15) is 0 Å². The third-order valence-electron chi connectivity index (χ3n) is 3.09. The van der Waals surface area contributed by atoms with Crippen molar-refractivity contribution in [1.82, 2.24) is 9.97 Å². The molecule has 1 aromatic rings. The fraction of sp³-hybridized carbons (Fsp3) is 0.643. The Morgan fingerprint density at radius 2 is 2.00 bits per heavy atom. The maximum Gasteiger partial charge on any atom is 0.173 e. The van der Waals surface area contributed by atoms with E-state index in [0.717, 1.165) is 17.2 Å². The summed E-state index contributed by atoms with van der Waals surface area (Å²) in [6, 6.07) is 0. The number of unbranched alkanes of at least 4 members (excludes halogenated alkanes) is 2. The van der Waals surface area contributed by atoms with E-state index in [2.05, 4.69) is 35.7 Å². The first-order valence-electron chi connectivity index (χ1n) is 6.48. The molecule has 0 saturated carbocycles. The Morgan fingerprint density at radius 3 is 2.65 bits per heavy atom. The summed E-state index contributed by atoms with van der Waals surface area (Å²) >= 11 is 0. The van der Waals surface area contributed by atoms with Gasteiger partial charge in [-0.05, 0) is 26.2 Å². The number of rotatable bonds is 6. The molecule has 0 aliphatic heterocycles. The average molecular weight is 233 g/mol. The molecule has 0 spiro atoms. The number of aryl methyl sites for hydroxylation is 1. The Bertz CT molecular complexity index is 371. The predicted octanol–water partition coefficient (Wildman–Crippen LogP) is 4.09. The van der Waals surface area contributed by atoms with Crippen LogP contribution in [0.15, 0.2) is 17.4 Å². The second-order valence-electron chi connectivity index (χ2n) is 4.62. The van der Waals surface area contributed by atoms with Gasteiger partial charge in [-0.15, -0.1) is 0 Å². The monoisotopic (exact) mass is 233 g/mol. The number of aromatic nitrogens is 2. The number of aliphatic imine (C=N–C) groups is 1. The zero-order chi connectivity index (χ0) is 12.7. The zero-order valence-electron chi connectivity index (χ0n) is 11.4. The van der Waals surface area contributed by atoms with Crippen LogP contribution in [0.4, 0.5) is 5.82 Å². The summed E-state index contributed by atoms with van der Waals surface area (Å²) in [5.41, 5.74) is 2.05. The third-order valence-corrected chi connectivity index (χ3v) is 3.09. The van der Waals surface area contributed by atoms with Crippen molar-refractivity contribution in [3.8, 4) is 0 Å². The predicted molar refractivity (Wildman–Crippen MR) is 72.8 cm³/mol. The molecule has 1 heterocycles. The maximum absolute atomic E-state index is 4.58. The fourth-order valence-electron chi connectivity index (χ4n) is 1.70. The second-order valence-corrected chi connectivity index (χ2v) is 4.62. The van der Waals surface area contributed by atoms with Gasteiger partial charge in [0.2, 0.25) is 0 Å². The Kier molecular flexibility index (Phi) is 5.81. The van der Waals surface area contributed by atoms with Crippen molar-refractivity contribution in [3.05, 3.63) is 18.1 Å². The Hall–Kier alpha value is -1.25. The minimum atomic E-state index is 0.531. The highest BCUT2D eigenvalue weighted by Crippen LogP contribution is 2.16. The summed E-state index contributed by atoms with van der Waals surface area (Å²) in [4.78, 5) is 13.0. The van der Waals surface area contributed by atoms with Gasteiger partial charge in [-0.3, -0.25) is 4.98 Å². The first-order chi connectivity index (χ1) is 8.15. The van der Waals surface area contributed by atoms with Crippen LogP contribution in [0.25, 0.3) is 0 Å². The van der Waals surface area contributed by atoms with Crippen molar-refractivity contribution in [2.24, 2.45) is 10.9 Å². The van der Waals surface area contributed by atoms with Crippen LogP contribution in [0.5, 0.6) is 0 Å². The molecule has 0 N–H and O–H groups in total. The van der Waals surface area contributed by atoms with Gasteiger partial charge in [-0.25, -0.2) is 9.98 Å². The maximum atomic E-state index is 4.58. The van der Waals surface area contributed by atoms with E-state index in [1.165, 1.54) is 25.7 Å². The lowest BCUT2D eigenvalue weighted by Gasteiger charge is -2.10. The average Bonchev–Trinajstić information content (AvgIpc) is 2.32. The Balaban J connectivity index is 2.62. The van der Waals surface area contributed by atoms with Gasteiger partial charge in [-0.2, -0.15) is 0 Å². The van der Waals surface area contributed by atoms with Gasteiger partial charge < -0.3 is 0 Å². The van der Waals surface area contributed by atoms with Crippen molar-refractivity contribution in [1.29, 1.82) is 0 Å². The summed E-state index contributed by atoms with van der Waals surface area (Å²) in [5.74, 6) is 1.29. The normalized spacial score (nSPS) is 13.8. The number of hydrogen-bond donors (Lipinski definition) is 0.